The minimum absolute atomic E-state index is 0.391. The van der Waals surface area contributed by atoms with Gasteiger partial charge in [-0.2, -0.15) is 0 Å². The molecule has 1 unspecified atom stereocenters. The van der Waals surface area contributed by atoms with Gasteiger partial charge in [0.2, 0.25) is 0 Å². The molecule has 1 atom stereocenters. The van der Waals surface area contributed by atoms with E-state index in [2.05, 4.69) is 51.5 Å². The number of nitrogens with one attached hydrogen (secondary N) is 1. The molecule has 0 aliphatic heterocycles. The van der Waals surface area contributed by atoms with Gasteiger partial charge in [-0.25, -0.2) is 15.0 Å². The number of hydrogen-bond acceptors (Lipinski definition) is 3. The van der Waals surface area contributed by atoms with E-state index in [1.807, 2.05) is 0 Å². The van der Waals surface area contributed by atoms with E-state index in [4.69, 9.17) is 4.99 Å². The van der Waals surface area contributed by atoms with Gasteiger partial charge in [-0.3, -0.25) is 0 Å². The van der Waals surface area contributed by atoms with Crippen LogP contribution in [0.2, 0.25) is 0 Å². The van der Waals surface area contributed by atoms with Crippen molar-refractivity contribution in [1.29, 1.82) is 0 Å². The Hall–Kier alpha value is -2.49. The maximum Gasteiger partial charge on any atom is 0.164 e. The largest absolute Gasteiger partial charge is 0.343 e. The third-order valence-corrected chi connectivity index (χ3v) is 5.24. The van der Waals surface area contributed by atoms with Gasteiger partial charge in [0.15, 0.2) is 5.82 Å². The second-order valence-electron chi connectivity index (χ2n) is 6.93. The smallest absolute Gasteiger partial charge is 0.164 e. The summed E-state index contributed by atoms with van der Waals surface area (Å²) in [5.41, 5.74) is 5.07. The molecule has 0 bridgehead atoms. The van der Waals surface area contributed by atoms with Gasteiger partial charge in [0.05, 0.1) is 5.39 Å². The first-order valence-electron chi connectivity index (χ1n) is 8.84. The molecule has 2 aliphatic rings. The number of fused-ring (bicyclic) bond motifs is 2. The van der Waals surface area contributed by atoms with Gasteiger partial charge in [0.1, 0.15) is 12.0 Å². The molecule has 24 heavy (non-hydrogen) atoms. The number of hydrogen-bond donors (Lipinski definition) is 1. The third kappa shape index (κ3) is 2.42. The molecule has 2 heterocycles. The first-order valence-corrected chi connectivity index (χ1v) is 8.84. The van der Waals surface area contributed by atoms with Gasteiger partial charge in [0, 0.05) is 17.8 Å². The first kappa shape index (κ1) is 13.9. The number of rotatable bonds is 3. The molecule has 4 nitrogen and oxygen atoms in total. The van der Waals surface area contributed by atoms with Crippen molar-refractivity contribution in [1.82, 2.24) is 15.0 Å². The highest BCUT2D eigenvalue weighted by atomic mass is 15.0. The zero-order valence-corrected chi connectivity index (χ0v) is 13.6. The second-order valence-corrected chi connectivity index (χ2v) is 6.93. The summed E-state index contributed by atoms with van der Waals surface area (Å²) in [6.45, 7) is 0. The Morgan fingerprint density at radius 3 is 2.96 bits per heavy atom. The lowest BCUT2D eigenvalue weighted by atomic mass is 9.83. The van der Waals surface area contributed by atoms with E-state index in [0.29, 0.717) is 11.8 Å². The average molecular weight is 316 g/mol. The molecule has 1 N–H and O–H groups in total. The molecule has 2 aliphatic carbocycles. The molecule has 1 saturated carbocycles. The van der Waals surface area contributed by atoms with Crippen LogP contribution in [0.1, 0.15) is 54.3 Å². The molecular formula is C20H20N4. The van der Waals surface area contributed by atoms with Crippen LogP contribution in [0.15, 0.2) is 41.7 Å². The van der Waals surface area contributed by atoms with Gasteiger partial charge >= 0.3 is 0 Å². The zero-order chi connectivity index (χ0) is 15.9. The number of aromatic amines is 1. The third-order valence-electron chi connectivity index (χ3n) is 5.24. The highest BCUT2D eigenvalue weighted by molar-refractivity contribution is 5.88. The average Bonchev–Trinajstić information content (AvgIpc) is 3.38. The van der Waals surface area contributed by atoms with Crippen LogP contribution in [0.5, 0.6) is 0 Å². The van der Waals surface area contributed by atoms with Crippen LogP contribution in [0, 0.1) is 0 Å². The Morgan fingerprint density at radius 1 is 1.12 bits per heavy atom. The van der Waals surface area contributed by atoms with E-state index in [9.17, 15) is 0 Å². The molecule has 4 heteroatoms. The van der Waals surface area contributed by atoms with Gasteiger partial charge in [-0.15, -0.1) is 0 Å². The molecule has 0 saturated heterocycles. The second kappa shape index (κ2) is 5.55. The zero-order valence-electron chi connectivity index (χ0n) is 13.6. The van der Waals surface area contributed by atoms with E-state index >= 15 is 0 Å². The van der Waals surface area contributed by atoms with Crippen LogP contribution >= 0.6 is 0 Å². The molecule has 1 aromatic carbocycles. The first-order chi connectivity index (χ1) is 11.9. The van der Waals surface area contributed by atoms with E-state index in [0.717, 1.165) is 23.3 Å². The van der Waals surface area contributed by atoms with E-state index in [1.165, 1.54) is 42.5 Å². The molecular weight excluding hydrogens is 296 g/mol. The predicted octanol–water partition coefficient (Wildman–Crippen LogP) is 4.66. The summed E-state index contributed by atoms with van der Waals surface area (Å²) in [5, 5.41) is 1.04. The van der Waals surface area contributed by atoms with Gasteiger partial charge in [0.25, 0.3) is 0 Å². The highest BCUT2D eigenvalue weighted by Crippen LogP contribution is 2.41. The quantitative estimate of drug-likeness (QED) is 0.715. The number of nitrogens with zero attached hydrogens (tertiary/aromatic N) is 3. The summed E-state index contributed by atoms with van der Waals surface area (Å²) < 4.78 is 0. The van der Waals surface area contributed by atoms with Crippen LogP contribution in [-0.2, 0) is 6.42 Å². The van der Waals surface area contributed by atoms with Crippen LogP contribution < -0.4 is 0 Å². The maximum absolute atomic E-state index is 4.75. The van der Waals surface area contributed by atoms with E-state index < -0.39 is 0 Å². The molecule has 120 valence electrons. The Balaban J connectivity index is 1.49. The summed E-state index contributed by atoms with van der Waals surface area (Å²) >= 11 is 0. The molecule has 0 radical (unpaired) electrons. The fourth-order valence-electron chi connectivity index (χ4n) is 3.77. The van der Waals surface area contributed by atoms with E-state index in [1.54, 1.807) is 6.33 Å². The molecule has 5 rings (SSSR count). The lowest BCUT2D eigenvalue weighted by Crippen LogP contribution is -2.10. The van der Waals surface area contributed by atoms with Crippen molar-refractivity contribution >= 4 is 23.1 Å². The Morgan fingerprint density at radius 2 is 2.04 bits per heavy atom. The maximum atomic E-state index is 4.75. The van der Waals surface area contributed by atoms with Gasteiger partial charge < -0.3 is 4.98 Å². The monoisotopic (exact) mass is 316 g/mol. The normalized spacial score (nSPS) is 20.6. The number of benzene rings is 1. The summed E-state index contributed by atoms with van der Waals surface area (Å²) in [6.07, 6.45) is 9.81. The number of H-pyrrole nitrogens is 1. The minimum atomic E-state index is 0.391. The van der Waals surface area contributed by atoms with Crippen molar-refractivity contribution in [2.24, 2.45) is 4.99 Å². The summed E-state index contributed by atoms with van der Waals surface area (Å²) in [6, 6.07) is 10.9. The summed E-state index contributed by atoms with van der Waals surface area (Å²) in [4.78, 5) is 17.0. The van der Waals surface area contributed by atoms with Crippen LogP contribution in [0.3, 0.4) is 0 Å². The van der Waals surface area contributed by atoms with Crippen molar-refractivity contribution in [3.63, 3.8) is 0 Å². The highest BCUT2D eigenvalue weighted by Gasteiger charge is 2.26. The van der Waals surface area contributed by atoms with Gasteiger partial charge in [-0.05, 0) is 55.2 Å². The summed E-state index contributed by atoms with van der Waals surface area (Å²) in [7, 11) is 0. The number of aromatic nitrogens is 3. The SMILES string of the molecule is C(=N/c1ncnc2[nH]c(C3CC3)cc12)/C1CCCc2ccccc21. The molecule has 2 aromatic heterocycles. The molecule has 0 amide bonds. The lowest BCUT2D eigenvalue weighted by molar-refractivity contribution is 0.656. The Labute approximate surface area is 141 Å². The van der Waals surface area contributed by atoms with E-state index in [-0.39, 0.29) is 0 Å². The van der Waals surface area contributed by atoms with Crippen LogP contribution in [0.4, 0.5) is 5.82 Å². The van der Waals surface area contributed by atoms with Crippen molar-refractivity contribution in [3.8, 4) is 0 Å². The van der Waals surface area contributed by atoms with Gasteiger partial charge in [-0.1, -0.05) is 24.3 Å². The van der Waals surface area contributed by atoms with Crippen molar-refractivity contribution in [3.05, 3.63) is 53.5 Å². The molecule has 3 aromatic rings. The Kier molecular flexibility index (Phi) is 3.21. The molecule has 0 spiro atoms. The van der Waals surface area contributed by atoms with Crippen molar-refractivity contribution in [2.45, 2.75) is 43.9 Å². The standard InChI is InChI=1S/C20H20N4/c1-2-7-16-13(4-1)5-3-6-15(16)11-21-19-17-10-18(14-8-9-14)24-20(17)23-12-22-19/h1-2,4,7,10-12,14-15H,3,5-6,8-9H2,(H,22,23,24)/b21-11-. The summed E-state index contributed by atoms with van der Waals surface area (Å²) in [5.74, 6) is 1.86. The number of aryl methyl sites for hydroxylation is 1. The Bertz CT molecular complexity index is 920. The lowest BCUT2D eigenvalue weighted by Gasteiger charge is -2.22. The minimum Gasteiger partial charge on any atom is -0.343 e. The fourth-order valence-corrected chi connectivity index (χ4v) is 3.77. The predicted molar refractivity (Wildman–Crippen MR) is 96.1 cm³/mol. The van der Waals surface area contributed by atoms with Crippen molar-refractivity contribution < 1.29 is 0 Å². The fraction of sp³-hybridized carbons (Fsp3) is 0.350. The van der Waals surface area contributed by atoms with Crippen LogP contribution in [-0.4, -0.2) is 21.2 Å². The molecule has 1 fully saturated rings. The topological polar surface area (TPSA) is 53.9 Å². The van der Waals surface area contributed by atoms with Crippen molar-refractivity contribution in [2.75, 3.05) is 0 Å². The number of aliphatic imine (C=N–C) groups is 1. The van der Waals surface area contributed by atoms with Crippen LogP contribution in [0.25, 0.3) is 11.0 Å².